The van der Waals surface area contributed by atoms with E-state index in [2.05, 4.69) is 28.4 Å². The standard InChI is InChI=1S/C26H29FN2O2/c27-21-3-1-2-18(15-21)19-4-5-22-20(14-19)6-9-26(10-11-26)24(22)28-25(30)31-23-16-29-12-7-17(23)8-13-29/h1-5,14-15,17,23-24H,6-13,16H2,(H,28,30)/t23-,24?/m1/s1. The Balaban J connectivity index is 1.22. The number of benzene rings is 2. The van der Waals surface area contributed by atoms with Crippen molar-refractivity contribution in [3.63, 3.8) is 0 Å². The minimum Gasteiger partial charge on any atom is -0.445 e. The Hall–Kier alpha value is -2.40. The van der Waals surface area contributed by atoms with E-state index in [0.717, 1.165) is 69.3 Å². The number of rotatable bonds is 3. The van der Waals surface area contributed by atoms with E-state index in [1.165, 1.54) is 17.2 Å². The van der Waals surface area contributed by atoms with Gasteiger partial charge in [-0.2, -0.15) is 0 Å². The summed E-state index contributed by atoms with van der Waals surface area (Å²) in [5.74, 6) is 0.292. The fourth-order valence-corrected chi connectivity index (χ4v) is 6.07. The van der Waals surface area contributed by atoms with Crippen LogP contribution in [0.2, 0.25) is 0 Å². The molecule has 1 spiro atoms. The van der Waals surface area contributed by atoms with Gasteiger partial charge in [-0.15, -0.1) is 0 Å². The summed E-state index contributed by atoms with van der Waals surface area (Å²) in [6.45, 7) is 3.15. The van der Waals surface area contributed by atoms with Crippen molar-refractivity contribution in [2.45, 2.75) is 50.7 Å². The number of alkyl carbamates (subject to hydrolysis) is 1. The highest BCUT2D eigenvalue weighted by molar-refractivity contribution is 5.70. The van der Waals surface area contributed by atoms with Crippen molar-refractivity contribution >= 4 is 6.09 Å². The molecule has 3 saturated heterocycles. The molecule has 1 N–H and O–H groups in total. The number of aryl methyl sites for hydroxylation is 1. The second-order valence-corrected chi connectivity index (χ2v) is 9.95. The van der Waals surface area contributed by atoms with E-state index < -0.39 is 0 Å². The molecule has 5 aliphatic rings. The summed E-state index contributed by atoms with van der Waals surface area (Å²) < 4.78 is 19.6. The topological polar surface area (TPSA) is 41.6 Å². The average Bonchev–Trinajstić information content (AvgIpc) is 3.57. The predicted molar refractivity (Wildman–Crippen MR) is 117 cm³/mol. The molecule has 5 heteroatoms. The minimum atomic E-state index is -0.267. The van der Waals surface area contributed by atoms with E-state index in [-0.39, 0.29) is 29.5 Å². The molecule has 1 unspecified atom stereocenters. The Bertz CT molecular complexity index is 1010. The molecule has 2 aromatic rings. The van der Waals surface area contributed by atoms with Crippen molar-refractivity contribution in [1.82, 2.24) is 10.2 Å². The maximum atomic E-state index is 13.7. The molecule has 3 aliphatic heterocycles. The third kappa shape index (κ3) is 3.53. The number of ether oxygens (including phenoxy) is 1. The Morgan fingerprint density at radius 1 is 1.06 bits per heavy atom. The number of amides is 1. The third-order valence-electron chi connectivity index (χ3n) is 8.13. The number of carbonyl (C=O) groups excluding carboxylic acids is 1. The number of nitrogens with zero attached hydrogens (tertiary/aromatic N) is 1. The number of piperidine rings is 3. The van der Waals surface area contributed by atoms with Crippen LogP contribution in [0.1, 0.15) is 49.3 Å². The summed E-state index contributed by atoms with van der Waals surface area (Å²) in [6.07, 6.45) is 6.43. The minimum absolute atomic E-state index is 0.00592. The van der Waals surface area contributed by atoms with Gasteiger partial charge in [-0.05, 0) is 97.3 Å². The van der Waals surface area contributed by atoms with Gasteiger partial charge < -0.3 is 10.1 Å². The molecule has 4 nitrogen and oxygen atoms in total. The van der Waals surface area contributed by atoms with E-state index in [1.54, 1.807) is 12.1 Å². The number of hydrogen-bond acceptors (Lipinski definition) is 3. The predicted octanol–water partition coefficient (Wildman–Crippen LogP) is 5.08. The molecule has 4 fully saturated rings. The second kappa shape index (κ2) is 7.33. The highest BCUT2D eigenvalue weighted by Gasteiger charge is 2.53. The Morgan fingerprint density at radius 2 is 1.87 bits per heavy atom. The summed E-state index contributed by atoms with van der Waals surface area (Å²) in [7, 11) is 0. The molecule has 2 aliphatic carbocycles. The number of halogens is 1. The van der Waals surface area contributed by atoms with Crippen molar-refractivity contribution in [3.05, 3.63) is 59.4 Å². The molecule has 162 valence electrons. The zero-order valence-electron chi connectivity index (χ0n) is 17.8. The molecule has 2 aromatic carbocycles. The van der Waals surface area contributed by atoms with E-state index in [9.17, 15) is 9.18 Å². The Kier molecular flexibility index (Phi) is 4.57. The summed E-state index contributed by atoms with van der Waals surface area (Å²) >= 11 is 0. The highest BCUT2D eigenvalue weighted by atomic mass is 19.1. The first-order valence-electron chi connectivity index (χ1n) is 11.7. The molecule has 3 heterocycles. The van der Waals surface area contributed by atoms with Gasteiger partial charge >= 0.3 is 6.09 Å². The Morgan fingerprint density at radius 3 is 2.58 bits per heavy atom. The van der Waals surface area contributed by atoms with Gasteiger partial charge in [0.15, 0.2) is 0 Å². The normalized spacial score (nSPS) is 30.0. The molecule has 2 bridgehead atoms. The van der Waals surface area contributed by atoms with Crippen LogP contribution in [0.3, 0.4) is 0 Å². The van der Waals surface area contributed by atoms with Crippen molar-refractivity contribution in [1.29, 1.82) is 0 Å². The van der Waals surface area contributed by atoms with Crippen LogP contribution in [0.15, 0.2) is 42.5 Å². The molecule has 1 saturated carbocycles. The van der Waals surface area contributed by atoms with Crippen molar-refractivity contribution in [2.24, 2.45) is 11.3 Å². The largest absolute Gasteiger partial charge is 0.445 e. The molecule has 1 amide bonds. The maximum Gasteiger partial charge on any atom is 0.407 e. The summed E-state index contributed by atoms with van der Waals surface area (Å²) in [6, 6.07) is 13.1. The van der Waals surface area contributed by atoms with E-state index in [4.69, 9.17) is 4.74 Å². The smallest absolute Gasteiger partial charge is 0.407 e. The van der Waals surface area contributed by atoms with E-state index in [1.807, 2.05) is 6.07 Å². The van der Waals surface area contributed by atoms with Crippen molar-refractivity contribution in [3.8, 4) is 11.1 Å². The zero-order chi connectivity index (χ0) is 21.0. The second-order valence-electron chi connectivity index (χ2n) is 9.95. The number of hydrogen-bond donors (Lipinski definition) is 1. The highest BCUT2D eigenvalue weighted by Crippen LogP contribution is 2.61. The first kappa shape index (κ1) is 19.3. The van der Waals surface area contributed by atoms with Gasteiger partial charge in [-0.1, -0.05) is 30.3 Å². The molecule has 31 heavy (non-hydrogen) atoms. The maximum absolute atomic E-state index is 13.7. The fraction of sp³-hybridized carbons (Fsp3) is 0.500. The van der Waals surface area contributed by atoms with Crippen LogP contribution >= 0.6 is 0 Å². The lowest BCUT2D eigenvalue weighted by Gasteiger charge is -2.44. The summed E-state index contributed by atoms with van der Waals surface area (Å²) in [5.41, 5.74) is 4.56. The van der Waals surface area contributed by atoms with Gasteiger partial charge in [0, 0.05) is 6.54 Å². The van der Waals surface area contributed by atoms with Crippen LogP contribution in [-0.2, 0) is 11.2 Å². The molecule has 7 rings (SSSR count). The van der Waals surface area contributed by atoms with E-state index >= 15 is 0 Å². The van der Waals surface area contributed by atoms with Crippen LogP contribution < -0.4 is 5.32 Å². The first-order chi connectivity index (χ1) is 15.1. The number of nitrogens with one attached hydrogen (secondary N) is 1. The van der Waals surface area contributed by atoms with Crippen LogP contribution in [0.5, 0.6) is 0 Å². The van der Waals surface area contributed by atoms with Crippen molar-refractivity contribution in [2.75, 3.05) is 19.6 Å². The van der Waals surface area contributed by atoms with E-state index in [0.29, 0.717) is 5.92 Å². The van der Waals surface area contributed by atoms with Gasteiger partial charge in [0.05, 0.1) is 6.04 Å². The summed E-state index contributed by atoms with van der Waals surface area (Å²) in [4.78, 5) is 15.3. The summed E-state index contributed by atoms with van der Waals surface area (Å²) in [5, 5.41) is 3.26. The molecule has 0 aromatic heterocycles. The van der Waals surface area contributed by atoms with Crippen LogP contribution in [0, 0.1) is 17.2 Å². The van der Waals surface area contributed by atoms with Crippen LogP contribution in [-0.4, -0.2) is 36.7 Å². The Labute approximate surface area is 182 Å². The molecular formula is C26H29FN2O2. The average molecular weight is 421 g/mol. The van der Waals surface area contributed by atoms with Crippen LogP contribution in [0.4, 0.5) is 9.18 Å². The SMILES string of the molecule is O=C(NC1c2ccc(-c3cccc(F)c3)cc2CCC12CC2)O[C@@H]1CN2CCC1CC2. The number of carbonyl (C=O) groups is 1. The molecule has 2 atom stereocenters. The van der Waals surface area contributed by atoms with Gasteiger partial charge in [-0.3, -0.25) is 4.90 Å². The third-order valence-corrected chi connectivity index (χ3v) is 8.13. The van der Waals surface area contributed by atoms with Gasteiger partial charge in [-0.25, -0.2) is 9.18 Å². The van der Waals surface area contributed by atoms with Gasteiger partial charge in [0.1, 0.15) is 11.9 Å². The molecule has 0 radical (unpaired) electrons. The number of fused-ring (bicyclic) bond motifs is 4. The molecular weight excluding hydrogens is 391 g/mol. The van der Waals surface area contributed by atoms with Crippen LogP contribution in [0.25, 0.3) is 11.1 Å². The lowest BCUT2D eigenvalue weighted by Crippen LogP contribution is -2.53. The lowest BCUT2D eigenvalue weighted by molar-refractivity contribution is -0.0347. The van der Waals surface area contributed by atoms with Gasteiger partial charge in [0.2, 0.25) is 0 Å². The van der Waals surface area contributed by atoms with Crippen molar-refractivity contribution < 1.29 is 13.9 Å². The van der Waals surface area contributed by atoms with Gasteiger partial charge in [0.25, 0.3) is 0 Å². The fourth-order valence-electron chi connectivity index (χ4n) is 6.07. The quantitative estimate of drug-likeness (QED) is 0.753. The zero-order valence-corrected chi connectivity index (χ0v) is 17.8. The monoisotopic (exact) mass is 420 g/mol. The first-order valence-corrected chi connectivity index (χ1v) is 11.7. The lowest BCUT2D eigenvalue weighted by atomic mass is 9.76.